The number of ether oxygens (including phenoxy) is 1. The zero-order valence-corrected chi connectivity index (χ0v) is 21.9. The van der Waals surface area contributed by atoms with Gasteiger partial charge in [0, 0.05) is 35.6 Å². The molecule has 2 aliphatic rings. The van der Waals surface area contributed by atoms with Crippen molar-refractivity contribution in [3.05, 3.63) is 69.9 Å². The van der Waals surface area contributed by atoms with Crippen LogP contribution in [0, 0.1) is 5.82 Å². The van der Waals surface area contributed by atoms with Gasteiger partial charge in [-0.05, 0) is 67.3 Å². The van der Waals surface area contributed by atoms with Crippen molar-refractivity contribution in [1.82, 2.24) is 9.88 Å². The van der Waals surface area contributed by atoms with Crippen LogP contribution in [0.1, 0.15) is 78.3 Å². The second-order valence-electron chi connectivity index (χ2n) is 9.84. The molecule has 5 rings (SSSR count). The van der Waals surface area contributed by atoms with Crippen LogP contribution in [0.5, 0.6) is 0 Å². The van der Waals surface area contributed by atoms with Gasteiger partial charge in [-0.2, -0.15) is 0 Å². The van der Waals surface area contributed by atoms with Gasteiger partial charge in [0.25, 0.3) is 5.91 Å². The van der Waals surface area contributed by atoms with Gasteiger partial charge in [-0.15, -0.1) is 11.3 Å². The van der Waals surface area contributed by atoms with Crippen molar-refractivity contribution >= 4 is 29.0 Å². The molecule has 0 radical (unpaired) electrons. The number of nitrogens with one attached hydrogen (secondary N) is 1. The molecule has 2 fully saturated rings. The molecule has 0 bridgehead atoms. The minimum absolute atomic E-state index is 0.206. The molecule has 0 unspecified atom stereocenters. The summed E-state index contributed by atoms with van der Waals surface area (Å²) in [4.78, 5) is 31.6. The first-order valence-corrected chi connectivity index (χ1v) is 14.0. The van der Waals surface area contributed by atoms with Gasteiger partial charge >= 0.3 is 6.09 Å². The lowest BCUT2D eigenvalue weighted by molar-refractivity contribution is 0.0916. The Morgan fingerprint density at radius 1 is 1.08 bits per heavy atom. The highest BCUT2D eigenvalue weighted by atomic mass is 32.1. The van der Waals surface area contributed by atoms with Crippen molar-refractivity contribution in [2.45, 2.75) is 57.3 Å². The van der Waals surface area contributed by atoms with E-state index >= 15 is 0 Å². The molecule has 37 heavy (non-hydrogen) atoms. The summed E-state index contributed by atoms with van der Waals surface area (Å²) < 4.78 is 19.4. The van der Waals surface area contributed by atoms with E-state index in [1.807, 2.05) is 12.1 Å². The zero-order chi connectivity index (χ0) is 25.8. The predicted octanol–water partition coefficient (Wildman–Crippen LogP) is 7.20. The summed E-state index contributed by atoms with van der Waals surface area (Å²) in [5, 5.41) is 5.60. The van der Waals surface area contributed by atoms with Crippen molar-refractivity contribution in [1.29, 1.82) is 0 Å². The molecular formula is C29H32FN3O3S. The summed E-state index contributed by atoms with van der Waals surface area (Å²) in [6.07, 6.45) is 5.64. The Hall–Kier alpha value is -3.26. The van der Waals surface area contributed by atoms with E-state index in [0.717, 1.165) is 36.3 Å². The van der Waals surface area contributed by atoms with E-state index in [2.05, 4.69) is 29.4 Å². The van der Waals surface area contributed by atoms with Crippen LogP contribution >= 0.6 is 11.3 Å². The first-order valence-electron chi connectivity index (χ1n) is 13.1. The minimum atomic E-state index is -0.351. The number of nitrogens with zero attached hydrogens (tertiary/aromatic N) is 2. The lowest BCUT2D eigenvalue weighted by Crippen LogP contribution is -2.38. The number of unbranched alkanes of at least 4 members (excludes halogenated alkanes) is 1. The predicted molar refractivity (Wildman–Crippen MR) is 144 cm³/mol. The fraction of sp³-hybridized carbons (Fsp3) is 0.414. The topological polar surface area (TPSA) is 71.5 Å². The fourth-order valence-corrected chi connectivity index (χ4v) is 5.66. The van der Waals surface area contributed by atoms with E-state index in [1.165, 1.54) is 41.9 Å². The van der Waals surface area contributed by atoms with Crippen LogP contribution in [0.2, 0.25) is 0 Å². The summed E-state index contributed by atoms with van der Waals surface area (Å²) in [6, 6.07) is 12.6. The smallest absolute Gasteiger partial charge is 0.409 e. The van der Waals surface area contributed by atoms with Crippen LogP contribution in [0.15, 0.2) is 47.8 Å². The van der Waals surface area contributed by atoms with E-state index < -0.39 is 0 Å². The molecular weight excluding hydrogens is 489 g/mol. The molecule has 2 amide bonds. The molecule has 8 heteroatoms. The number of anilines is 1. The second kappa shape index (κ2) is 11.4. The number of carbonyl (C=O) groups excluding carboxylic acids is 2. The summed E-state index contributed by atoms with van der Waals surface area (Å²) >= 11 is 1.47. The average Bonchev–Trinajstić information content (AvgIpc) is 3.65. The van der Waals surface area contributed by atoms with E-state index in [4.69, 9.17) is 4.74 Å². The van der Waals surface area contributed by atoms with Gasteiger partial charge in [0.15, 0.2) is 0 Å². The van der Waals surface area contributed by atoms with Gasteiger partial charge in [-0.25, -0.2) is 14.2 Å². The van der Waals surface area contributed by atoms with Crippen molar-refractivity contribution in [3.8, 4) is 11.1 Å². The second-order valence-corrected chi connectivity index (χ2v) is 10.7. The quantitative estimate of drug-likeness (QED) is 0.318. The van der Waals surface area contributed by atoms with Crippen LogP contribution < -0.4 is 5.32 Å². The molecule has 1 aliphatic heterocycles. The molecule has 0 spiro atoms. The Labute approximate surface area is 220 Å². The van der Waals surface area contributed by atoms with Gasteiger partial charge in [-0.3, -0.25) is 4.79 Å². The van der Waals surface area contributed by atoms with Crippen molar-refractivity contribution in [3.63, 3.8) is 0 Å². The van der Waals surface area contributed by atoms with Crippen LogP contribution in [0.3, 0.4) is 0 Å². The van der Waals surface area contributed by atoms with Gasteiger partial charge in [-0.1, -0.05) is 37.6 Å². The molecule has 1 N–H and O–H groups in total. The zero-order valence-electron chi connectivity index (χ0n) is 21.0. The van der Waals surface area contributed by atoms with Crippen LogP contribution in [0.25, 0.3) is 11.1 Å². The molecule has 0 atom stereocenters. The molecule has 2 heterocycles. The molecule has 6 nitrogen and oxygen atoms in total. The van der Waals surface area contributed by atoms with Gasteiger partial charge in [0.2, 0.25) is 0 Å². The monoisotopic (exact) mass is 521 g/mol. The van der Waals surface area contributed by atoms with Crippen LogP contribution in [-0.2, 0) is 4.74 Å². The molecule has 1 saturated heterocycles. The normalized spacial score (nSPS) is 16.0. The number of benzene rings is 2. The highest BCUT2D eigenvalue weighted by Crippen LogP contribution is 2.41. The lowest BCUT2D eigenvalue weighted by atomic mass is 9.98. The third-order valence-corrected chi connectivity index (χ3v) is 8.09. The summed E-state index contributed by atoms with van der Waals surface area (Å²) in [5.41, 5.74) is 3.71. The summed E-state index contributed by atoms with van der Waals surface area (Å²) in [7, 11) is 0. The number of hydrogen-bond donors (Lipinski definition) is 1. The fourth-order valence-electron chi connectivity index (χ4n) is 4.69. The van der Waals surface area contributed by atoms with Gasteiger partial charge in [0.1, 0.15) is 11.5 Å². The minimum Gasteiger partial charge on any atom is -0.449 e. The van der Waals surface area contributed by atoms with E-state index in [0.29, 0.717) is 42.6 Å². The number of rotatable bonds is 8. The maximum absolute atomic E-state index is 14.1. The molecule has 3 aromatic rings. The average molecular weight is 522 g/mol. The third kappa shape index (κ3) is 6.18. The number of likely N-dealkylation sites (tertiary alicyclic amines) is 1. The largest absolute Gasteiger partial charge is 0.449 e. The maximum Gasteiger partial charge on any atom is 0.409 e. The first-order chi connectivity index (χ1) is 18.0. The Morgan fingerprint density at radius 2 is 1.84 bits per heavy atom. The number of hydrogen-bond acceptors (Lipinski definition) is 5. The number of thiazole rings is 1. The first kappa shape index (κ1) is 25.4. The number of carbonyl (C=O) groups is 2. The Kier molecular flexibility index (Phi) is 7.84. The number of piperidine rings is 1. The molecule has 2 aromatic carbocycles. The lowest BCUT2D eigenvalue weighted by Gasteiger charge is -2.30. The van der Waals surface area contributed by atoms with Crippen LogP contribution in [-0.4, -0.2) is 41.6 Å². The van der Waals surface area contributed by atoms with E-state index in [-0.39, 0.29) is 23.7 Å². The summed E-state index contributed by atoms with van der Waals surface area (Å²) in [6.45, 7) is 3.76. The van der Waals surface area contributed by atoms with Crippen molar-refractivity contribution in [2.24, 2.45) is 0 Å². The Bertz CT molecular complexity index is 1250. The molecule has 1 aliphatic carbocycles. The van der Waals surface area contributed by atoms with Gasteiger partial charge in [0.05, 0.1) is 11.6 Å². The van der Waals surface area contributed by atoms with Crippen LogP contribution in [0.4, 0.5) is 14.9 Å². The molecule has 1 aromatic heterocycles. The number of aromatic nitrogens is 1. The highest BCUT2D eigenvalue weighted by Gasteiger charge is 2.27. The van der Waals surface area contributed by atoms with Crippen molar-refractivity contribution in [2.75, 3.05) is 25.0 Å². The molecule has 1 saturated carbocycles. The Balaban J connectivity index is 1.22. The van der Waals surface area contributed by atoms with E-state index in [1.54, 1.807) is 16.3 Å². The highest BCUT2D eigenvalue weighted by molar-refractivity contribution is 7.10. The molecule has 194 valence electrons. The maximum atomic E-state index is 14.1. The SMILES string of the molecule is CCCCOC(=O)N1CCC(c2nc(C(=O)Nc3ccc(F)cc3-c3ccc(C4CC4)cc3)cs2)CC1. The van der Waals surface area contributed by atoms with Crippen molar-refractivity contribution < 1.29 is 18.7 Å². The standard InChI is InChI=1S/C29H32FN3O3S/c1-2-3-16-36-29(35)33-14-12-22(13-15-33)28-32-26(18-37-28)27(34)31-25-11-10-23(30)17-24(25)21-8-6-20(7-9-21)19-4-5-19/h6-11,17-19,22H,2-5,12-16H2,1H3,(H,31,34). The van der Waals surface area contributed by atoms with Gasteiger partial charge < -0.3 is 15.0 Å². The number of amides is 2. The van der Waals surface area contributed by atoms with E-state index in [9.17, 15) is 14.0 Å². The summed E-state index contributed by atoms with van der Waals surface area (Å²) in [5.74, 6) is 0.182. The Morgan fingerprint density at radius 3 is 2.54 bits per heavy atom. The third-order valence-electron chi connectivity index (χ3n) is 7.08. The number of halogens is 1.